The summed E-state index contributed by atoms with van der Waals surface area (Å²) in [4.78, 5) is 0. The minimum absolute atomic E-state index is 0.647. The minimum Gasteiger partial charge on any atom is -0.493 e. The number of H-pyrrole nitrogens is 1. The van der Waals surface area contributed by atoms with Crippen molar-refractivity contribution in [3.05, 3.63) is 40.7 Å². The molecule has 1 N–H and O–H groups in total. The third kappa shape index (κ3) is 1.61. The highest BCUT2D eigenvalue weighted by atomic mass is 32.1. The first-order chi connectivity index (χ1) is 7.83. The van der Waals surface area contributed by atoms with Crippen LogP contribution in [-0.2, 0) is 6.42 Å². The van der Waals surface area contributed by atoms with Crippen molar-refractivity contribution in [1.82, 2.24) is 10.2 Å². The first kappa shape index (κ1) is 9.54. The number of ether oxygens (including phenoxy) is 1. The predicted molar refractivity (Wildman–Crippen MR) is 64.1 cm³/mol. The lowest BCUT2D eigenvalue weighted by atomic mass is 10.0. The molecule has 2 heterocycles. The van der Waals surface area contributed by atoms with Crippen molar-refractivity contribution in [2.75, 3.05) is 6.61 Å². The Kier molecular flexibility index (Phi) is 2.22. The van der Waals surface area contributed by atoms with E-state index in [0.717, 1.165) is 29.9 Å². The van der Waals surface area contributed by atoms with Crippen molar-refractivity contribution in [3.8, 4) is 16.9 Å². The van der Waals surface area contributed by atoms with Gasteiger partial charge in [0.2, 0.25) is 0 Å². The van der Waals surface area contributed by atoms with Crippen LogP contribution in [0.25, 0.3) is 11.1 Å². The normalized spacial score (nSPS) is 13.2. The number of nitrogens with zero attached hydrogens (tertiary/aromatic N) is 1. The number of aromatic nitrogens is 2. The van der Waals surface area contributed by atoms with Crippen LogP contribution in [0.3, 0.4) is 0 Å². The molecule has 0 spiro atoms. The summed E-state index contributed by atoms with van der Waals surface area (Å²) in [7, 11) is 0. The molecule has 0 fully saturated rings. The number of aromatic amines is 1. The summed E-state index contributed by atoms with van der Waals surface area (Å²) in [5, 5.41) is 6.73. The highest BCUT2D eigenvalue weighted by Crippen LogP contribution is 2.29. The third-order valence-electron chi connectivity index (χ3n) is 2.69. The van der Waals surface area contributed by atoms with Crippen LogP contribution in [0.15, 0.2) is 30.5 Å². The van der Waals surface area contributed by atoms with E-state index in [4.69, 9.17) is 17.0 Å². The molecule has 1 aromatic heterocycles. The van der Waals surface area contributed by atoms with Gasteiger partial charge in [-0.3, -0.25) is 5.10 Å². The predicted octanol–water partition coefficient (Wildman–Crippen LogP) is 2.74. The highest BCUT2D eigenvalue weighted by Gasteiger charge is 2.12. The van der Waals surface area contributed by atoms with Gasteiger partial charge in [-0.25, -0.2) is 0 Å². The van der Waals surface area contributed by atoms with Crippen LogP contribution in [0.5, 0.6) is 5.75 Å². The fourth-order valence-electron chi connectivity index (χ4n) is 1.90. The van der Waals surface area contributed by atoms with Crippen LogP contribution in [0.4, 0.5) is 0 Å². The van der Waals surface area contributed by atoms with Gasteiger partial charge in [-0.1, -0.05) is 18.3 Å². The van der Waals surface area contributed by atoms with Crippen LogP contribution in [0.2, 0.25) is 0 Å². The van der Waals surface area contributed by atoms with Gasteiger partial charge >= 0.3 is 0 Å². The molecule has 0 saturated heterocycles. The summed E-state index contributed by atoms with van der Waals surface area (Å²) >= 11 is 5.06. The van der Waals surface area contributed by atoms with Crippen molar-refractivity contribution < 1.29 is 4.74 Å². The SMILES string of the molecule is S=c1cc(-c2ccc3c(c2)CCO3)cn[nH]1. The Morgan fingerprint density at radius 1 is 1.25 bits per heavy atom. The van der Waals surface area contributed by atoms with Crippen molar-refractivity contribution >= 4 is 12.2 Å². The van der Waals surface area contributed by atoms with Gasteiger partial charge in [0.15, 0.2) is 0 Å². The van der Waals surface area contributed by atoms with Gasteiger partial charge in [-0.15, -0.1) is 0 Å². The molecule has 3 rings (SSSR count). The molecule has 0 radical (unpaired) electrons. The van der Waals surface area contributed by atoms with E-state index in [1.807, 2.05) is 18.2 Å². The maximum absolute atomic E-state index is 5.47. The Hall–Kier alpha value is -1.68. The summed E-state index contributed by atoms with van der Waals surface area (Å²) in [6.07, 6.45) is 2.77. The van der Waals surface area contributed by atoms with E-state index < -0.39 is 0 Å². The topological polar surface area (TPSA) is 37.9 Å². The fourth-order valence-corrected chi connectivity index (χ4v) is 2.08. The zero-order valence-corrected chi connectivity index (χ0v) is 9.38. The van der Waals surface area contributed by atoms with E-state index in [9.17, 15) is 0 Å². The second-order valence-electron chi connectivity index (χ2n) is 3.75. The molecule has 0 aliphatic carbocycles. The molecule has 80 valence electrons. The van der Waals surface area contributed by atoms with Gasteiger partial charge in [0, 0.05) is 12.0 Å². The van der Waals surface area contributed by atoms with Crippen LogP contribution in [-0.4, -0.2) is 16.8 Å². The van der Waals surface area contributed by atoms with Gasteiger partial charge in [0.1, 0.15) is 10.4 Å². The Balaban J connectivity index is 2.10. The maximum Gasteiger partial charge on any atom is 0.122 e. The number of hydrogen-bond donors (Lipinski definition) is 1. The Morgan fingerprint density at radius 3 is 3.06 bits per heavy atom. The zero-order valence-electron chi connectivity index (χ0n) is 8.56. The maximum atomic E-state index is 5.47. The van der Waals surface area contributed by atoms with Crippen LogP contribution in [0.1, 0.15) is 5.56 Å². The molecule has 0 amide bonds. The van der Waals surface area contributed by atoms with Crippen LogP contribution in [0, 0.1) is 4.64 Å². The second kappa shape index (κ2) is 3.72. The van der Waals surface area contributed by atoms with Crippen molar-refractivity contribution in [2.45, 2.75) is 6.42 Å². The number of fused-ring (bicyclic) bond motifs is 1. The molecule has 1 aliphatic rings. The quantitative estimate of drug-likeness (QED) is 0.765. The summed E-state index contributed by atoms with van der Waals surface area (Å²) in [5.41, 5.74) is 3.44. The number of rotatable bonds is 1. The molecule has 2 aromatic rings. The minimum atomic E-state index is 0.647. The standard InChI is InChI=1S/C12H10N2OS/c16-12-6-10(7-13-14-12)8-1-2-11-9(5-8)3-4-15-11/h1-2,5-7H,3-4H2,(H,14,16). The number of nitrogens with one attached hydrogen (secondary N) is 1. The average Bonchev–Trinajstić information content (AvgIpc) is 2.75. The molecule has 0 unspecified atom stereocenters. The van der Waals surface area contributed by atoms with Gasteiger partial charge in [0.05, 0.1) is 12.8 Å². The third-order valence-corrected chi connectivity index (χ3v) is 2.90. The summed E-state index contributed by atoms with van der Waals surface area (Å²) in [5.74, 6) is 0.998. The van der Waals surface area contributed by atoms with E-state index in [2.05, 4.69) is 16.3 Å². The van der Waals surface area contributed by atoms with E-state index in [0.29, 0.717) is 4.64 Å². The molecule has 3 nitrogen and oxygen atoms in total. The van der Waals surface area contributed by atoms with E-state index in [1.165, 1.54) is 5.56 Å². The first-order valence-corrected chi connectivity index (χ1v) is 5.54. The lowest BCUT2D eigenvalue weighted by Gasteiger charge is -2.03. The Bertz CT molecular complexity index is 592. The van der Waals surface area contributed by atoms with Gasteiger partial charge in [0.25, 0.3) is 0 Å². The first-order valence-electron chi connectivity index (χ1n) is 5.14. The lowest BCUT2D eigenvalue weighted by molar-refractivity contribution is 0.357. The highest BCUT2D eigenvalue weighted by molar-refractivity contribution is 7.71. The second-order valence-corrected chi connectivity index (χ2v) is 4.19. The average molecular weight is 230 g/mol. The molecule has 0 atom stereocenters. The monoisotopic (exact) mass is 230 g/mol. The fraction of sp³-hybridized carbons (Fsp3) is 0.167. The van der Waals surface area contributed by atoms with Crippen LogP contribution >= 0.6 is 12.2 Å². The van der Waals surface area contributed by atoms with Crippen molar-refractivity contribution in [2.24, 2.45) is 0 Å². The van der Waals surface area contributed by atoms with Gasteiger partial charge < -0.3 is 4.74 Å². The zero-order chi connectivity index (χ0) is 11.0. The number of hydrogen-bond acceptors (Lipinski definition) is 3. The molecule has 1 aromatic carbocycles. The summed E-state index contributed by atoms with van der Waals surface area (Å²) in [6, 6.07) is 8.11. The number of benzene rings is 1. The van der Waals surface area contributed by atoms with Crippen molar-refractivity contribution in [3.63, 3.8) is 0 Å². The van der Waals surface area contributed by atoms with Gasteiger partial charge in [-0.2, -0.15) is 5.10 Å². The van der Waals surface area contributed by atoms with E-state index in [-0.39, 0.29) is 0 Å². The molecular weight excluding hydrogens is 220 g/mol. The van der Waals surface area contributed by atoms with Crippen molar-refractivity contribution in [1.29, 1.82) is 0 Å². The molecule has 0 bridgehead atoms. The van der Waals surface area contributed by atoms with E-state index in [1.54, 1.807) is 6.20 Å². The summed E-state index contributed by atoms with van der Waals surface area (Å²) in [6.45, 7) is 0.784. The Morgan fingerprint density at radius 2 is 2.19 bits per heavy atom. The van der Waals surface area contributed by atoms with Gasteiger partial charge in [-0.05, 0) is 29.3 Å². The smallest absolute Gasteiger partial charge is 0.122 e. The Labute approximate surface area is 98.1 Å². The molecule has 1 aliphatic heterocycles. The summed E-state index contributed by atoms with van der Waals surface area (Å²) < 4.78 is 6.12. The molecule has 4 heteroatoms. The molecular formula is C12H10N2OS. The van der Waals surface area contributed by atoms with Crippen LogP contribution < -0.4 is 4.74 Å². The van der Waals surface area contributed by atoms with E-state index >= 15 is 0 Å². The molecule has 0 saturated carbocycles. The lowest BCUT2D eigenvalue weighted by Crippen LogP contribution is -1.85. The molecule has 16 heavy (non-hydrogen) atoms. The largest absolute Gasteiger partial charge is 0.493 e.